The van der Waals surface area contributed by atoms with Gasteiger partial charge in [0.05, 0.1) is 17.3 Å². The number of nitrogens with two attached hydrogens (primary N) is 1. The highest BCUT2D eigenvalue weighted by atomic mass is 35.5. The molecule has 1 fully saturated rings. The summed E-state index contributed by atoms with van der Waals surface area (Å²) in [5.74, 6) is -0.409. The zero-order valence-electron chi connectivity index (χ0n) is 10.6. The SMILES string of the molecule is CC(CN)(NC(=O)c1cncc(F)c1)C1CC1.Cl.Cl. The van der Waals surface area contributed by atoms with Crippen molar-refractivity contribution in [1.82, 2.24) is 10.3 Å². The van der Waals surface area contributed by atoms with E-state index in [0.29, 0.717) is 12.5 Å². The van der Waals surface area contributed by atoms with Crippen molar-refractivity contribution in [2.75, 3.05) is 6.54 Å². The zero-order valence-corrected chi connectivity index (χ0v) is 12.2. The summed E-state index contributed by atoms with van der Waals surface area (Å²) in [5.41, 5.74) is 5.53. The molecule has 1 amide bonds. The Hall–Kier alpha value is -0.910. The second-order valence-corrected chi connectivity index (χ2v) is 4.74. The molecule has 3 N–H and O–H groups in total. The summed E-state index contributed by atoms with van der Waals surface area (Å²) >= 11 is 0. The van der Waals surface area contributed by atoms with E-state index in [1.165, 1.54) is 12.3 Å². The molecular formula is C12H18Cl2FN3O. The minimum Gasteiger partial charge on any atom is -0.345 e. The molecule has 0 spiro atoms. The molecule has 1 atom stereocenters. The lowest BCUT2D eigenvalue weighted by atomic mass is 9.95. The third kappa shape index (κ3) is 4.30. The maximum absolute atomic E-state index is 12.9. The van der Waals surface area contributed by atoms with E-state index in [1.54, 1.807) is 0 Å². The van der Waals surface area contributed by atoms with Crippen LogP contribution in [0.3, 0.4) is 0 Å². The van der Waals surface area contributed by atoms with E-state index in [9.17, 15) is 9.18 Å². The smallest absolute Gasteiger partial charge is 0.253 e. The van der Waals surface area contributed by atoms with Crippen molar-refractivity contribution < 1.29 is 9.18 Å². The molecule has 0 aliphatic heterocycles. The first-order valence-corrected chi connectivity index (χ1v) is 5.68. The lowest BCUT2D eigenvalue weighted by molar-refractivity contribution is 0.0897. The van der Waals surface area contributed by atoms with Crippen LogP contribution in [0, 0.1) is 11.7 Å². The maximum Gasteiger partial charge on any atom is 0.253 e. The van der Waals surface area contributed by atoms with Crippen molar-refractivity contribution >= 4 is 30.7 Å². The van der Waals surface area contributed by atoms with E-state index < -0.39 is 11.4 Å². The van der Waals surface area contributed by atoms with Gasteiger partial charge in [0.2, 0.25) is 0 Å². The average molecular weight is 310 g/mol. The second-order valence-electron chi connectivity index (χ2n) is 4.74. The zero-order chi connectivity index (χ0) is 12.5. The van der Waals surface area contributed by atoms with E-state index in [4.69, 9.17) is 5.73 Å². The Morgan fingerprint density at radius 2 is 2.16 bits per heavy atom. The van der Waals surface area contributed by atoms with E-state index in [-0.39, 0.29) is 36.3 Å². The molecule has 0 saturated heterocycles. The summed E-state index contributed by atoms with van der Waals surface area (Å²) < 4.78 is 12.9. The van der Waals surface area contributed by atoms with Crippen LogP contribution in [0.15, 0.2) is 18.5 Å². The molecule has 19 heavy (non-hydrogen) atoms. The number of rotatable bonds is 4. The largest absolute Gasteiger partial charge is 0.345 e. The normalized spacial score (nSPS) is 16.6. The minimum atomic E-state index is -0.515. The molecule has 0 bridgehead atoms. The van der Waals surface area contributed by atoms with Crippen molar-refractivity contribution in [3.63, 3.8) is 0 Å². The van der Waals surface area contributed by atoms with E-state index in [0.717, 1.165) is 19.0 Å². The average Bonchev–Trinajstić information content (AvgIpc) is 3.13. The van der Waals surface area contributed by atoms with Gasteiger partial charge < -0.3 is 11.1 Å². The molecule has 2 rings (SSSR count). The Morgan fingerprint density at radius 3 is 2.63 bits per heavy atom. The highest BCUT2D eigenvalue weighted by Crippen LogP contribution is 2.39. The van der Waals surface area contributed by atoms with Crippen LogP contribution in [0.4, 0.5) is 4.39 Å². The molecule has 1 aliphatic carbocycles. The summed E-state index contributed by atoms with van der Waals surface area (Å²) in [6, 6.07) is 1.17. The predicted octanol–water partition coefficient (Wildman–Crippen LogP) is 1.92. The van der Waals surface area contributed by atoms with Gasteiger partial charge in [0.15, 0.2) is 0 Å². The number of hydrogen-bond donors (Lipinski definition) is 2. The number of hydrogen-bond acceptors (Lipinski definition) is 3. The fourth-order valence-corrected chi connectivity index (χ4v) is 1.91. The summed E-state index contributed by atoms with van der Waals surface area (Å²) in [6.07, 6.45) is 4.58. The third-order valence-corrected chi connectivity index (χ3v) is 3.27. The second kappa shape index (κ2) is 7.03. The number of aromatic nitrogens is 1. The number of amides is 1. The summed E-state index contributed by atoms with van der Waals surface area (Å²) in [4.78, 5) is 15.6. The Labute approximate surface area is 124 Å². The lowest BCUT2D eigenvalue weighted by Gasteiger charge is -2.29. The van der Waals surface area contributed by atoms with Crippen LogP contribution in [0.1, 0.15) is 30.1 Å². The van der Waals surface area contributed by atoms with Gasteiger partial charge in [0, 0.05) is 12.7 Å². The summed E-state index contributed by atoms with van der Waals surface area (Å²) in [5, 5.41) is 2.88. The monoisotopic (exact) mass is 309 g/mol. The quantitative estimate of drug-likeness (QED) is 0.893. The fourth-order valence-electron chi connectivity index (χ4n) is 1.91. The summed E-state index contributed by atoms with van der Waals surface area (Å²) in [6.45, 7) is 2.31. The van der Waals surface area contributed by atoms with E-state index in [2.05, 4.69) is 10.3 Å². The van der Waals surface area contributed by atoms with Crippen LogP contribution in [0.5, 0.6) is 0 Å². The van der Waals surface area contributed by atoms with Crippen LogP contribution >= 0.6 is 24.8 Å². The Bertz CT molecular complexity index is 443. The lowest BCUT2D eigenvalue weighted by Crippen LogP contribution is -2.53. The van der Waals surface area contributed by atoms with Crippen molar-refractivity contribution in [3.8, 4) is 0 Å². The van der Waals surface area contributed by atoms with Gasteiger partial charge in [-0.3, -0.25) is 9.78 Å². The van der Waals surface area contributed by atoms with Gasteiger partial charge in [-0.05, 0) is 31.7 Å². The van der Waals surface area contributed by atoms with Gasteiger partial charge in [-0.15, -0.1) is 24.8 Å². The molecule has 0 aromatic carbocycles. The first-order valence-electron chi connectivity index (χ1n) is 5.68. The number of carbonyl (C=O) groups excluding carboxylic acids is 1. The molecule has 0 radical (unpaired) electrons. The topological polar surface area (TPSA) is 68.0 Å². The molecular weight excluding hydrogens is 292 g/mol. The van der Waals surface area contributed by atoms with Gasteiger partial charge in [-0.2, -0.15) is 0 Å². The molecule has 1 aromatic heterocycles. The van der Waals surface area contributed by atoms with Gasteiger partial charge >= 0.3 is 0 Å². The number of carbonyl (C=O) groups is 1. The first-order chi connectivity index (χ1) is 8.05. The standard InChI is InChI=1S/C12H16FN3O.2ClH/c1-12(7-14,9-2-3-9)16-11(17)8-4-10(13)6-15-5-8;;/h4-6,9H,2-3,7,14H2,1H3,(H,16,17);2*1H. The van der Waals surface area contributed by atoms with E-state index in [1.807, 2.05) is 6.92 Å². The van der Waals surface area contributed by atoms with Crippen molar-refractivity contribution in [2.24, 2.45) is 11.7 Å². The number of pyridine rings is 1. The van der Waals surface area contributed by atoms with Gasteiger partial charge in [-0.25, -0.2) is 4.39 Å². The van der Waals surface area contributed by atoms with Crippen LogP contribution in [-0.2, 0) is 0 Å². The van der Waals surface area contributed by atoms with Crippen LogP contribution in [0.25, 0.3) is 0 Å². The van der Waals surface area contributed by atoms with Crippen LogP contribution in [-0.4, -0.2) is 23.0 Å². The maximum atomic E-state index is 12.9. The highest BCUT2D eigenvalue weighted by Gasteiger charge is 2.41. The summed E-state index contributed by atoms with van der Waals surface area (Å²) in [7, 11) is 0. The third-order valence-electron chi connectivity index (χ3n) is 3.27. The molecule has 1 aliphatic rings. The molecule has 108 valence electrons. The fraction of sp³-hybridized carbons (Fsp3) is 0.500. The molecule has 7 heteroatoms. The highest BCUT2D eigenvalue weighted by molar-refractivity contribution is 5.94. The van der Waals surface area contributed by atoms with E-state index >= 15 is 0 Å². The molecule has 1 saturated carbocycles. The predicted molar refractivity (Wildman–Crippen MR) is 76.3 cm³/mol. The number of halogens is 3. The van der Waals surface area contributed by atoms with Crippen LogP contribution < -0.4 is 11.1 Å². The number of nitrogens with one attached hydrogen (secondary N) is 1. The Balaban J connectivity index is 0.00000162. The van der Waals surface area contributed by atoms with Crippen molar-refractivity contribution in [2.45, 2.75) is 25.3 Å². The van der Waals surface area contributed by atoms with Crippen molar-refractivity contribution in [3.05, 3.63) is 29.8 Å². The van der Waals surface area contributed by atoms with Crippen LogP contribution in [0.2, 0.25) is 0 Å². The molecule has 1 heterocycles. The first kappa shape index (κ1) is 18.1. The Kier molecular flexibility index (Phi) is 6.69. The molecule has 4 nitrogen and oxygen atoms in total. The van der Waals surface area contributed by atoms with Crippen molar-refractivity contribution in [1.29, 1.82) is 0 Å². The van der Waals surface area contributed by atoms with Gasteiger partial charge in [-0.1, -0.05) is 0 Å². The number of nitrogens with zero attached hydrogens (tertiary/aromatic N) is 1. The van der Waals surface area contributed by atoms with Gasteiger partial charge in [0.25, 0.3) is 5.91 Å². The molecule has 1 unspecified atom stereocenters. The minimum absolute atomic E-state index is 0. The molecule has 1 aromatic rings. The Morgan fingerprint density at radius 1 is 1.53 bits per heavy atom. The van der Waals surface area contributed by atoms with Gasteiger partial charge in [0.1, 0.15) is 5.82 Å².